The van der Waals surface area contributed by atoms with E-state index in [1.165, 1.54) is 0 Å². The van der Waals surface area contributed by atoms with Crippen molar-refractivity contribution in [2.45, 2.75) is 12.0 Å². The third kappa shape index (κ3) is 3.20. The molecule has 1 aliphatic rings. The standard InChI is InChI=1S/C15H20N4O3/c1-21-12-3-2-4-13(9-12)22-8-7-19-6-5-15(20,11-19)14-10-16-18-17-14/h2-4,9-10,20H,5-8,11H2,1H3,(H,16,17,18). The molecule has 0 spiro atoms. The van der Waals surface area contributed by atoms with Crippen LogP contribution in [-0.2, 0) is 5.60 Å². The second-order valence-corrected chi connectivity index (χ2v) is 5.44. The van der Waals surface area contributed by atoms with E-state index in [1.54, 1.807) is 13.3 Å². The Morgan fingerprint density at radius 2 is 2.27 bits per heavy atom. The number of benzene rings is 1. The van der Waals surface area contributed by atoms with Gasteiger partial charge in [-0.05, 0) is 18.6 Å². The predicted octanol–water partition coefficient (Wildman–Crippen LogP) is 0.786. The molecular formula is C15H20N4O3. The van der Waals surface area contributed by atoms with Crippen LogP contribution >= 0.6 is 0 Å². The van der Waals surface area contributed by atoms with Crippen LogP contribution in [0.15, 0.2) is 30.5 Å². The number of likely N-dealkylation sites (tertiary alicyclic amines) is 1. The summed E-state index contributed by atoms with van der Waals surface area (Å²) in [4.78, 5) is 2.16. The maximum absolute atomic E-state index is 10.6. The fourth-order valence-corrected chi connectivity index (χ4v) is 2.68. The molecule has 1 aliphatic heterocycles. The number of hydrogen-bond acceptors (Lipinski definition) is 6. The smallest absolute Gasteiger partial charge is 0.124 e. The van der Waals surface area contributed by atoms with Crippen molar-refractivity contribution in [1.82, 2.24) is 20.3 Å². The van der Waals surface area contributed by atoms with Crippen LogP contribution in [0.1, 0.15) is 12.1 Å². The van der Waals surface area contributed by atoms with E-state index in [-0.39, 0.29) is 0 Å². The number of methoxy groups -OCH3 is 1. The summed E-state index contributed by atoms with van der Waals surface area (Å²) in [5.41, 5.74) is -0.313. The van der Waals surface area contributed by atoms with Gasteiger partial charge in [0, 0.05) is 25.7 Å². The first kappa shape index (κ1) is 14.8. The van der Waals surface area contributed by atoms with Crippen molar-refractivity contribution >= 4 is 0 Å². The minimum atomic E-state index is -0.914. The highest BCUT2D eigenvalue weighted by atomic mass is 16.5. The number of aromatic amines is 1. The molecule has 2 heterocycles. The minimum absolute atomic E-state index is 0.543. The normalized spacial score (nSPS) is 21.9. The lowest BCUT2D eigenvalue weighted by molar-refractivity contribution is 0.0403. The summed E-state index contributed by atoms with van der Waals surface area (Å²) in [5.74, 6) is 1.56. The SMILES string of the molecule is COc1cccc(OCCN2CCC(O)(c3cn[nH]n3)C2)c1. The van der Waals surface area contributed by atoms with Crippen molar-refractivity contribution in [3.8, 4) is 11.5 Å². The lowest BCUT2D eigenvalue weighted by Gasteiger charge is -2.21. The minimum Gasteiger partial charge on any atom is -0.497 e. The number of aliphatic hydroxyl groups is 1. The highest BCUT2D eigenvalue weighted by molar-refractivity contribution is 5.32. The van der Waals surface area contributed by atoms with Gasteiger partial charge in [0.15, 0.2) is 0 Å². The monoisotopic (exact) mass is 304 g/mol. The second-order valence-electron chi connectivity index (χ2n) is 5.44. The van der Waals surface area contributed by atoms with Crippen LogP contribution in [0, 0.1) is 0 Å². The van der Waals surface area contributed by atoms with Gasteiger partial charge in [-0.1, -0.05) is 6.07 Å². The lowest BCUT2D eigenvalue weighted by Crippen LogP contribution is -2.33. The molecule has 0 amide bonds. The summed E-state index contributed by atoms with van der Waals surface area (Å²) in [6, 6.07) is 7.53. The molecule has 2 N–H and O–H groups in total. The van der Waals surface area contributed by atoms with Gasteiger partial charge in [-0.15, -0.1) is 0 Å². The Balaban J connectivity index is 1.49. The second kappa shape index (κ2) is 6.33. The summed E-state index contributed by atoms with van der Waals surface area (Å²) in [6.07, 6.45) is 2.23. The van der Waals surface area contributed by atoms with E-state index in [9.17, 15) is 5.11 Å². The number of aromatic nitrogens is 3. The van der Waals surface area contributed by atoms with Gasteiger partial charge in [-0.3, -0.25) is 4.90 Å². The number of H-pyrrole nitrogens is 1. The van der Waals surface area contributed by atoms with Crippen LogP contribution < -0.4 is 9.47 Å². The van der Waals surface area contributed by atoms with Gasteiger partial charge in [0.25, 0.3) is 0 Å². The third-order valence-corrected chi connectivity index (χ3v) is 3.94. The number of rotatable bonds is 6. The first-order valence-corrected chi connectivity index (χ1v) is 7.27. The van der Waals surface area contributed by atoms with Crippen LogP contribution in [0.5, 0.6) is 11.5 Å². The maximum atomic E-state index is 10.6. The molecule has 3 rings (SSSR count). The van der Waals surface area contributed by atoms with E-state index >= 15 is 0 Å². The van der Waals surface area contributed by atoms with Crippen molar-refractivity contribution in [3.05, 3.63) is 36.2 Å². The molecule has 1 fully saturated rings. The van der Waals surface area contributed by atoms with Crippen LogP contribution in [0.25, 0.3) is 0 Å². The number of hydrogen-bond donors (Lipinski definition) is 2. The first-order valence-electron chi connectivity index (χ1n) is 7.27. The lowest BCUT2D eigenvalue weighted by atomic mass is 10.0. The van der Waals surface area contributed by atoms with Gasteiger partial charge >= 0.3 is 0 Å². The number of ether oxygens (including phenoxy) is 2. The largest absolute Gasteiger partial charge is 0.497 e. The van der Waals surface area contributed by atoms with Crippen molar-refractivity contribution < 1.29 is 14.6 Å². The average molecular weight is 304 g/mol. The summed E-state index contributed by atoms with van der Waals surface area (Å²) in [6.45, 7) is 2.66. The Morgan fingerprint density at radius 1 is 1.41 bits per heavy atom. The highest BCUT2D eigenvalue weighted by Gasteiger charge is 2.39. The molecular weight excluding hydrogens is 284 g/mol. The van der Waals surface area contributed by atoms with Gasteiger partial charge in [-0.2, -0.15) is 15.4 Å². The molecule has 1 atom stereocenters. The molecule has 7 nitrogen and oxygen atoms in total. The fourth-order valence-electron chi connectivity index (χ4n) is 2.68. The Kier molecular flexibility index (Phi) is 4.26. The molecule has 0 bridgehead atoms. The number of nitrogens with zero attached hydrogens (tertiary/aromatic N) is 3. The van der Waals surface area contributed by atoms with E-state index < -0.39 is 5.60 Å². The Bertz CT molecular complexity index is 605. The third-order valence-electron chi connectivity index (χ3n) is 3.94. The van der Waals surface area contributed by atoms with E-state index in [0.29, 0.717) is 25.3 Å². The van der Waals surface area contributed by atoms with Crippen molar-refractivity contribution in [2.24, 2.45) is 0 Å². The van der Waals surface area contributed by atoms with Gasteiger partial charge in [-0.25, -0.2) is 0 Å². The van der Waals surface area contributed by atoms with Crippen molar-refractivity contribution in [1.29, 1.82) is 0 Å². The molecule has 1 aromatic heterocycles. The van der Waals surface area contributed by atoms with Gasteiger partial charge in [0.2, 0.25) is 0 Å². The molecule has 1 saturated heterocycles. The summed E-state index contributed by atoms with van der Waals surface area (Å²) < 4.78 is 10.9. The average Bonchev–Trinajstić information content (AvgIpc) is 3.18. The molecule has 0 aliphatic carbocycles. The molecule has 1 aromatic carbocycles. The topological polar surface area (TPSA) is 83.5 Å². The van der Waals surface area contributed by atoms with Crippen LogP contribution in [0.2, 0.25) is 0 Å². The van der Waals surface area contributed by atoms with Crippen molar-refractivity contribution in [2.75, 3.05) is 33.4 Å². The maximum Gasteiger partial charge on any atom is 0.124 e. The molecule has 1 unspecified atom stereocenters. The van der Waals surface area contributed by atoms with Crippen molar-refractivity contribution in [3.63, 3.8) is 0 Å². The Morgan fingerprint density at radius 3 is 3.05 bits per heavy atom. The summed E-state index contributed by atoms with van der Waals surface area (Å²) in [5, 5.41) is 20.9. The summed E-state index contributed by atoms with van der Waals surface area (Å²) in [7, 11) is 1.63. The molecule has 0 saturated carbocycles. The molecule has 7 heteroatoms. The summed E-state index contributed by atoms with van der Waals surface area (Å²) >= 11 is 0. The predicted molar refractivity (Wildman–Crippen MR) is 79.8 cm³/mol. The first-order chi connectivity index (χ1) is 10.7. The number of nitrogens with one attached hydrogen (secondary N) is 1. The van der Waals surface area contributed by atoms with Crippen LogP contribution in [0.3, 0.4) is 0 Å². The van der Waals surface area contributed by atoms with E-state index in [4.69, 9.17) is 9.47 Å². The quantitative estimate of drug-likeness (QED) is 0.821. The Hall–Kier alpha value is -2.12. The Labute approximate surface area is 128 Å². The van der Waals surface area contributed by atoms with E-state index in [2.05, 4.69) is 20.3 Å². The molecule has 0 radical (unpaired) electrons. The molecule has 22 heavy (non-hydrogen) atoms. The molecule has 2 aromatic rings. The molecule has 118 valence electrons. The van der Waals surface area contributed by atoms with Gasteiger partial charge in [0.05, 0.1) is 13.3 Å². The van der Waals surface area contributed by atoms with Crippen LogP contribution in [0.4, 0.5) is 0 Å². The van der Waals surface area contributed by atoms with E-state index in [0.717, 1.165) is 24.6 Å². The zero-order chi connectivity index (χ0) is 15.4. The van der Waals surface area contributed by atoms with Crippen LogP contribution in [-0.4, -0.2) is 58.8 Å². The number of β-amino-alcohol motifs (C(OH)–C–C–N with tert-alkyl or cyclic N) is 1. The zero-order valence-electron chi connectivity index (χ0n) is 12.5. The highest BCUT2D eigenvalue weighted by Crippen LogP contribution is 2.29. The zero-order valence-corrected chi connectivity index (χ0v) is 12.5. The van der Waals surface area contributed by atoms with Gasteiger partial charge in [0.1, 0.15) is 29.4 Å². The van der Waals surface area contributed by atoms with E-state index in [1.807, 2.05) is 24.3 Å². The fraction of sp³-hybridized carbons (Fsp3) is 0.467. The van der Waals surface area contributed by atoms with Gasteiger partial charge < -0.3 is 14.6 Å².